The zero-order chi connectivity index (χ0) is 20.3. The molecule has 0 atom stereocenters. The van der Waals surface area contributed by atoms with E-state index in [1.165, 1.54) is 0 Å². The van der Waals surface area contributed by atoms with Crippen molar-refractivity contribution in [3.63, 3.8) is 0 Å². The second kappa shape index (κ2) is 8.42. The van der Waals surface area contributed by atoms with Crippen LogP contribution in [0, 0.1) is 11.6 Å². The number of para-hydroxylation sites is 1. The Labute approximate surface area is 166 Å². The van der Waals surface area contributed by atoms with Gasteiger partial charge < -0.3 is 10.2 Å². The minimum atomic E-state index is -3.96. The maximum Gasteiger partial charge on any atom is 0.243 e. The van der Waals surface area contributed by atoms with Gasteiger partial charge in [-0.25, -0.2) is 17.2 Å². The fourth-order valence-electron chi connectivity index (χ4n) is 2.85. The summed E-state index contributed by atoms with van der Waals surface area (Å²) < 4.78 is 52.7. The zero-order valence-corrected chi connectivity index (χ0v) is 16.3. The lowest BCUT2D eigenvalue weighted by Gasteiger charge is -2.34. The monoisotopic (exact) mass is 429 g/mol. The lowest BCUT2D eigenvalue weighted by atomic mass is 10.3. The number of amides is 1. The van der Waals surface area contributed by atoms with E-state index < -0.39 is 21.7 Å². The van der Waals surface area contributed by atoms with Crippen molar-refractivity contribution in [3.05, 3.63) is 59.1 Å². The summed E-state index contributed by atoms with van der Waals surface area (Å²) in [6.07, 6.45) is 0. The van der Waals surface area contributed by atoms with E-state index >= 15 is 0 Å². The number of carbonyl (C=O) groups excluding carboxylic acids is 1. The van der Waals surface area contributed by atoms with Crippen LogP contribution in [0.5, 0.6) is 0 Å². The molecule has 6 nitrogen and oxygen atoms in total. The maximum absolute atomic E-state index is 13.4. The Hall–Kier alpha value is -2.23. The Morgan fingerprint density at radius 3 is 2.36 bits per heavy atom. The van der Waals surface area contributed by atoms with Gasteiger partial charge in [0.25, 0.3) is 0 Å². The summed E-state index contributed by atoms with van der Waals surface area (Å²) in [5.74, 6) is -2.52. The molecule has 0 spiro atoms. The number of piperazine rings is 1. The predicted octanol–water partition coefficient (Wildman–Crippen LogP) is 2.56. The molecule has 2 aromatic rings. The van der Waals surface area contributed by atoms with E-state index in [9.17, 15) is 22.0 Å². The predicted molar refractivity (Wildman–Crippen MR) is 102 cm³/mol. The van der Waals surface area contributed by atoms with Gasteiger partial charge in [0.15, 0.2) is 11.6 Å². The Morgan fingerprint density at radius 2 is 1.71 bits per heavy atom. The summed E-state index contributed by atoms with van der Waals surface area (Å²) in [5, 5.41) is 3.45. The first-order chi connectivity index (χ1) is 13.3. The van der Waals surface area contributed by atoms with E-state index in [0.29, 0.717) is 16.8 Å². The van der Waals surface area contributed by atoms with Crippen molar-refractivity contribution >= 4 is 33.2 Å². The molecule has 1 aliphatic heterocycles. The number of hydrogen-bond acceptors (Lipinski definition) is 4. The van der Waals surface area contributed by atoms with Crippen LogP contribution in [-0.4, -0.2) is 56.3 Å². The van der Waals surface area contributed by atoms with Crippen molar-refractivity contribution in [1.29, 1.82) is 0 Å². The zero-order valence-electron chi connectivity index (χ0n) is 14.7. The summed E-state index contributed by atoms with van der Waals surface area (Å²) in [6.45, 7) is 0.565. The number of nitrogens with zero attached hydrogens (tertiary/aromatic N) is 2. The van der Waals surface area contributed by atoms with Crippen molar-refractivity contribution < 1.29 is 22.0 Å². The van der Waals surface area contributed by atoms with Crippen LogP contribution in [-0.2, 0) is 14.8 Å². The fourth-order valence-corrected chi connectivity index (χ4v) is 4.49. The van der Waals surface area contributed by atoms with Crippen LogP contribution in [0.25, 0.3) is 0 Å². The quantitative estimate of drug-likeness (QED) is 0.793. The van der Waals surface area contributed by atoms with E-state index in [1.54, 1.807) is 29.2 Å². The number of hydrogen-bond donors (Lipinski definition) is 1. The molecule has 0 saturated carbocycles. The third kappa shape index (κ3) is 4.43. The first kappa shape index (κ1) is 20.5. The molecule has 1 aliphatic rings. The lowest BCUT2D eigenvalue weighted by Crippen LogP contribution is -2.51. The normalized spacial score (nSPS) is 15.5. The Kier molecular flexibility index (Phi) is 6.17. The molecular formula is C18H18ClF2N3O3S. The highest BCUT2D eigenvalue weighted by Gasteiger charge is 2.30. The van der Waals surface area contributed by atoms with Gasteiger partial charge in [0.1, 0.15) is 0 Å². The van der Waals surface area contributed by atoms with Crippen molar-refractivity contribution in [3.8, 4) is 0 Å². The Balaban J connectivity index is 1.58. The molecule has 10 heteroatoms. The molecule has 1 amide bonds. The standard InChI is InChI=1S/C18H18ClF2N3O3S/c19-14-3-1-2-4-17(14)22-12-18(25)23-7-9-24(10-8-23)28(26,27)13-5-6-15(20)16(21)11-13/h1-6,11,22H,7-10,12H2. The highest BCUT2D eigenvalue weighted by atomic mass is 35.5. The molecule has 1 saturated heterocycles. The number of benzene rings is 2. The lowest BCUT2D eigenvalue weighted by molar-refractivity contribution is -0.130. The molecular weight excluding hydrogens is 412 g/mol. The first-order valence-electron chi connectivity index (χ1n) is 8.50. The van der Waals surface area contributed by atoms with E-state index in [4.69, 9.17) is 11.6 Å². The first-order valence-corrected chi connectivity index (χ1v) is 10.3. The molecule has 0 unspecified atom stereocenters. The summed E-state index contributed by atoms with van der Waals surface area (Å²) >= 11 is 6.03. The average Bonchev–Trinajstić information content (AvgIpc) is 2.69. The number of carbonyl (C=O) groups is 1. The van der Waals surface area contributed by atoms with Crippen LogP contribution >= 0.6 is 11.6 Å². The van der Waals surface area contributed by atoms with Gasteiger partial charge >= 0.3 is 0 Å². The molecule has 0 bridgehead atoms. The fraction of sp³-hybridized carbons (Fsp3) is 0.278. The SMILES string of the molecule is O=C(CNc1ccccc1Cl)N1CCN(S(=O)(=O)c2ccc(F)c(F)c2)CC1. The van der Waals surface area contributed by atoms with Crippen LogP contribution in [0.15, 0.2) is 47.4 Å². The Morgan fingerprint density at radius 1 is 1.04 bits per heavy atom. The van der Waals surface area contributed by atoms with Crippen molar-refractivity contribution in [2.45, 2.75) is 4.90 Å². The summed E-state index contributed by atoms with van der Waals surface area (Å²) in [7, 11) is -3.96. The third-order valence-electron chi connectivity index (χ3n) is 4.42. The van der Waals surface area contributed by atoms with Crippen molar-refractivity contribution in [2.24, 2.45) is 0 Å². The topological polar surface area (TPSA) is 69.7 Å². The second-order valence-corrected chi connectivity index (χ2v) is 8.54. The van der Waals surface area contributed by atoms with E-state index in [1.807, 2.05) is 0 Å². The van der Waals surface area contributed by atoms with Crippen LogP contribution in [0.2, 0.25) is 5.02 Å². The van der Waals surface area contributed by atoms with Gasteiger partial charge in [-0.3, -0.25) is 4.79 Å². The molecule has 1 heterocycles. The highest BCUT2D eigenvalue weighted by Crippen LogP contribution is 2.21. The number of rotatable bonds is 5. The number of anilines is 1. The van der Waals surface area contributed by atoms with Gasteiger partial charge in [-0.1, -0.05) is 23.7 Å². The van der Waals surface area contributed by atoms with E-state index in [0.717, 1.165) is 16.4 Å². The minimum absolute atomic E-state index is 0.0274. The van der Waals surface area contributed by atoms with E-state index in [-0.39, 0.29) is 43.5 Å². The molecule has 1 N–H and O–H groups in total. The van der Waals surface area contributed by atoms with Crippen LogP contribution in [0.3, 0.4) is 0 Å². The molecule has 1 fully saturated rings. The number of halogens is 3. The van der Waals surface area contributed by atoms with Gasteiger partial charge in [-0.05, 0) is 30.3 Å². The molecule has 0 aromatic heterocycles. The van der Waals surface area contributed by atoms with Crippen LogP contribution < -0.4 is 5.32 Å². The Bertz CT molecular complexity index is 980. The van der Waals surface area contributed by atoms with Crippen molar-refractivity contribution in [2.75, 3.05) is 38.0 Å². The van der Waals surface area contributed by atoms with Crippen molar-refractivity contribution in [1.82, 2.24) is 9.21 Å². The minimum Gasteiger partial charge on any atom is -0.375 e. The summed E-state index contributed by atoms with van der Waals surface area (Å²) in [4.78, 5) is 13.6. The molecule has 2 aromatic carbocycles. The second-order valence-electron chi connectivity index (χ2n) is 6.19. The molecule has 28 heavy (non-hydrogen) atoms. The van der Waals surface area contributed by atoms with Crippen LogP contribution in [0.1, 0.15) is 0 Å². The molecule has 3 rings (SSSR count). The summed E-state index contributed by atoms with van der Waals surface area (Å²) in [5.41, 5.74) is 0.636. The molecule has 0 radical (unpaired) electrons. The third-order valence-corrected chi connectivity index (χ3v) is 6.65. The smallest absolute Gasteiger partial charge is 0.243 e. The molecule has 0 aliphatic carbocycles. The van der Waals surface area contributed by atoms with Gasteiger partial charge in [-0.15, -0.1) is 0 Å². The van der Waals surface area contributed by atoms with Gasteiger partial charge in [0.05, 0.1) is 22.2 Å². The highest BCUT2D eigenvalue weighted by molar-refractivity contribution is 7.89. The number of sulfonamides is 1. The largest absolute Gasteiger partial charge is 0.375 e. The van der Waals surface area contributed by atoms with Gasteiger partial charge in [0, 0.05) is 26.2 Å². The van der Waals surface area contributed by atoms with E-state index in [2.05, 4.69) is 5.32 Å². The summed E-state index contributed by atoms with van der Waals surface area (Å²) in [6, 6.07) is 9.50. The number of nitrogens with one attached hydrogen (secondary N) is 1. The van der Waals surface area contributed by atoms with Gasteiger partial charge in [0.2, 0.25) is 15.9 Å². The average molecular weight is 430 g/mol. The van der Waals surface area contributed by atoms with Gasteiger partial charge in [-0.2, -0.15) is 4.31 Å². The van der Waals surface area contributed by atoms with Crippen LogP contribution in [0.4, 0.5) is 14.5 Å². The maximum atomic E-state index is 13.4. The molecule has 150 valence electrons.